The summed E-state index contributed by atoms with van der Waals surface area (Å²) in [6.45, 7) is 8.82. The van der Waals surface area contributed by atoms with Crippen LogP contribution in [0.1, 0.15) is 25.3 Å². The number of ether oxygens (including phenoxy) is 2. The number of nitrogens with zero attached hydrogens (tertiary/aromatic N) is 3. The Hall–Kier alpha value is -1.06. The van der Waals surface area contributed by atoms with E-state index in [1.165, 1.54) is 5.56 Å². The molecule has 0 spiro atoms. The summed E-state index contributed by atoms with van der Waals surface area (Å²) in [5, 5.41) is 3.40. The molecule has 6 nitrogen and oxygen atoms in total. The van der Waals surface area contributed by atoms with E-state index in [1.807, 2.05) is 12.1 Å². The summed E-state index contributed by atoms with van der Waals surface area (Å²) in [4.78, 5) is 9.39. The predicted molar refractivity (Wildman–Crippen MR) is 127 cm³/mol. The topological polar surface area (TPSA) is 49.3 Å². The second-order valence-corrected chi connectivity index (χ2v) is 7.48. The third-order valence-electron chi connectivity index (χ3n) is 5.31. The van der Waals surface area contributed by atoms with Gasteiger partial charge in [0, 0.05) is 32.3 Å². The molecule has 1 aromatic carbocycles. The monoisotopic (exact) mass is 504 g/mol. The fourth-order valence-corrected chi connectivity index (χ4v) is 3.23. The summed E-state index contributed by atoms with van der Waals surface area (Å²) in [5.41, 5.74) is 1.32. The Bertz CT molecular complexity index is 587. The molecular formula is C21H37IN4O2. The average Bonchev–Trinajstić information content (AvgIpc) is 2.67. The number of likely N-dealkylation sites (N-methyl/N-ethyl adjacent to an activating group) is 2. The SMILES string of the molecule is CCNC(=NCC1(N(C)C)CCOCC1)N(C)CCOc1ccc(C)cc1.I. The Kier molecular flexibility index (Phi) is 11.1. The van der Waals surface area contributed by atoms with Crippen LogP contribution in [0.25, 0.3) is 0 Å². The smallest absolute Gasteiger partial charge is 0.193 e. The number of hydrogen-bond donors (Lipinski definition) is 1. The van der Waals surface area contributed by atoms with E-state index < -0.39 is 0 Å². The lowest BCUT2D eigenvalue weighted by atomic mass is 9.89. The van der Waals surface area contributed by atoms with E-state index in [0.29, 0.717) is 6.61 Å². The van der Waals surface area contributed by atoms with Crippen molar-refractivity contribution in [2.24, 2.45) is 4.99 Å². The molecule has 160 valence electrons. The van der Waals surface area contributed by atoms with E-state index >= 15 is 0 Å². The van der Waals surface area contributed by atoms with Crippen LogP contribution in [0.2, 0.25) is 0 Å². The predicted octanol–water partition coefficient (Wildman–Crippen LogP) is 3.00. The van der Waals surface area contributed by atoms with Gasteiger partial charge in [0.15, 0.2) is 5.96 Å². The van der Waals surface area contributed by atoms with Gasteiger partial charge in [0.25, 0.3) is 0 Å². The third kappa shape index (κ3) is 7.40. The number of nitrogens with one attached hydrogen (secondary N) is 1. The number of halogens is 1. The molecule has 0 radical (unpaired) electrons. The van der Waals surface area contributed by atoms with E-state index in [0.717, 1.165) is 57.4 Å². The highest BCUT2D eigenvalue weighted by atomic mass is 127. The largest absolute Gasteiger partial charge is 0.492 e. The van der Waals surface area contributed by atoms with Crippen molar-refractivity contribution in [1.82, 2.24) is 15.1 Å². The molecule has 0 aliphatic carbocycles. The second kappa shape index (κ2) is 12.5. The van der Waals surface area contributed by atoms with Gasteiger partial charge in [-0.25, -0.2) is 0 Å². The van der Waals surface area contributed by atoms with Crippen molar-refractivity contribution < 1.29 is 9.47 Å². The summed E-state index contributed by atoms with van der Waals surface area (Å²) in [6.07, 6.45) is 2.03. The van der Waals surface area contributed by atoms with E-state index in [-0.39, 0.29) is 29.5 Å². The molecule has 1 fully saturated rings. The van der Waals surface area contributed by atoms with Crippen LogP contribution in [0.15, 0.2) is 29.3 Å². The van der Waals surface area contributed by atoms with E-state index in [1.54, 1.807) is 0 Å². The summed E-state index contributed by atoms with van der Waals surface area (Å²) in [5.74, 6) is 1.84. The van der Waals surface area contributed by atoms with Crippen molar-refractivity contribution in [2.75, 3.05) is 60.6 Å². The van der Waals surface area contributed by atoms with Gasteiger partial charge in [-0.3, -0.25) is 4.99 Å². The van der Waals surface area contributed by atoms with E-state index in [9.17, 15) is 0 Å². The van der Waals surface area contributed by atoms with Crippen molar-refractivity contribution in [1.29, 1.82) is 0 Å². The van der Waals surface area contributed by atoms with Crippen LogP contribution in [0.4, 0.5) is 0 Å². The van der Waals surface area contributed by atoms with Gasteiger partial charge in [0.05, 0.1) is 13.1 Å². The van der Waals surface area contributed by atoms with Crippen molar-refractivity contribution in [3.63, 3.8) is 0 Å². The number of aryl methyl sites for hydroxylation is 1. The van der Waals surface area contributed by atoms with Gasteiger partial charge in [0.1, 0.15) is 12.4 Å². The lowest BCUT2D eigenvalue weighted by molar-refractivity contribution is -0.00263. The van der Waals surface area contributed by atoms with Crippen LogP contribution in [0.3, 0.4) is 0 Å². The Morgan fingerprint density at radius 1 is 1.18 bits per heavy atom. The molecule has 1 aromatic rings. The molecule has 1 aliphatic heterocycles. The standard InChI is InChI=1S/C21H36N4O2.HI/c1-6-22-20(23-17-21(24(3)4)11-14-26-15-12-21)25(5)13-16-27-19-9-7-18(2)8-10-19;/h7-10H,6,11-17H2,1-5H3,(H,22,23);1H. The van der Waals surface area contributed by atoms with E-state index in [4.69, 9.17) is 14.5 Å². The van der Waals surface area contributed by atoms with Gasteiger partial charge in [-0.1, -0.05) is 17.7 Å². The number of benzene rings is 1. The average molecular weight is 504 g/mol. The molecule has 1 N–H and O–H groups in total. The first kappa shape index (κ1) is 25.0. The Balaban J connectivity index is 0.00000392. The number of guanidine groups is 1. The minimum Gasteiger partial charge on any atom is -0.492 e. The maximum Gasteiger partial charge on any atom is 0.193 e. The van der Waals surface area contributed by atoms with E-state index in [2.05, 4.69) is 62.2 Å². The molecule has 0 bridgehead atoms. The summed E-state index contributed by atoms with van der Waals surface area (Å²) < 4.78 is 11.4. The number of hydrogen-bond acceptors (Lipinski definition) is 4. The van der Waals surface area contributed by atoms with Crippen LogP contribution < -0.4 is 10.1 Å². The molecule has 1 heterocycles. The molecule has 0 aromatic heterocycles. The van der Waals surface area contributed by atoms with Gasteiger partial charge in [-0.05, 0) is 52.9 Å². The minimum atomic E-state index is 0. The normalized spacial score (nSPS) is 16.4. The van der Waals surface area contributed by atoms with Crippen LogP contribution in [0.5, 0.6) is 5.75 Å². The van der Waals surface area contributed by atoms with Gasteiger partial charge in [-0.2, -0.15) is 0 Å². The van der Waals surface area contributed by atoms with Gasteiger partial charge >= 0.3 is 0 Å². The molecular weight excluding hydrogens is 467 g/mol. The Labute approximate surface area is 187 Å². The minimum absolute atomic E-state index is 0. The highest BCUT2D eigenvalue weighted by Crippen LogP contribution is 2.26. The molecule has 0 amide bonds. The number of aliphatic imine (C=N–C) groups is 1. The quantitative estimate of drug-likeness (QED) is 0.335. The van der Waals surface area contributed by atoms with Gasteiger partial charge in [0.2, 0.25) is 0 Å². The molecule has 1 aliphatic rings. The highest BCUT2D eigenvalue weighted by Gasteiger charge is 2.34. The summed E-state index contributed by atoms with van der Waals surface area (Å²) in [6, 6.07) is 8.17. The van der Waals surface area contributed by atoms with Crippen molar-refractivity contribution in [3.05, 3.63) is 29.8 Å². The zero-order chi connectivity index (χ0) is 19.7. The zero-order valence-electron chi connectivity index (χ0n) is 18.0. The van der Waals surface area contributed by atoms with Gasteiger partial charge < -0.3 is 24.6 Å². The first-order valence-electron chi connectivity index (χ1n) is 9.91. The lowest BCUT2D eigenvalue weighted by Crippen LogP contribution is -2.52. The third-order valence-corrected chi connectivity index (χ3v) is 5.31. The van der Waals surface area contributed by atoms with Crippen molar-refractivity contribution in [3.8, 4) is 5.75 Å². The van der Waals surface area contributed by atoms with Crippen LogP contribution in [-0.4, -0.2) is 81.9 Å². The molecule has 7 heteroatoms. The van der Waals surface area contributed by atoms with Crippen molar-refractivity contribution >= 4 is 29.9 Å². The second-order valence-electron chi connectivity index (χ2n) is 7.48. The molecule has 0 atom stereocenters. The lowest BCUT2D eigenvalue weighted by Gasteiger charge is -2.42. The van der Waals surface area contributed by atoms with Crippen LogP contribution >= 0.6 is 24.0 Å². The first-order valence-corrected chi connectivity index (χ1v) is 9.91. The van der Waals surface area contributed by atoms with Crippen LogP contribution in [0, 0.1) is 6.92 Å². The van der Waals surface area contributed by atoms with Gasteiger partial charge in [-0.15, -0.1) is 24.0 Å². The maximum atomic E-state index is 5.86. The first-order chi connectivity index (χ1) is 13.0. The maximum absolute atomic E-state index is 5.86. The summed E-state index contributed by atoms with van der Waals surface area (Å²) >= 11 is 0. The summed E-state index contributed by atoms with van der Waals surface area (Å²) in [7, 11) is 6.35. The molecule has 0 unspecified atom stereocenters. The molecule has 2 rings (SSSR count). The van der Waals surface area contributed by atoms with Crippen molar-refractivity contribution in [2.45, 2.75) is 32.2 Å². The molecule has 0 saturated carbocycles. The Morgan fingerprint density at radius 2 is 1.82 bits per heavy atom. The Morgan fingerprint density at radius 3 is 2.39 bits per heavy atom. The molecule has 1 saturated heterocycles. The zero-order valence-corrected chi connectivity index (χ0v) is 20.4. The van der Waals surface area contributed by atoms with Crippen LogP contribution in [-0.2, 0) is 4.74 Å². The highest BCUT2D eigenvalue weighted by molar-refractivity contribution is 14.0. The fourth-order valence-electron chi connectivity index (χ4n) is 3.23. The fraction of sp³-hybridized carbons (Fsp3) is 0.667. The number of rotatable bonds is 8. The molecule has 28 heavy (non-hydrogen) atoms.